The minimum absolute atomic E-state index is 0.0843. The van der Waals surface area contributed by atoms with Crippen LogP contribution in [0.4, 0.5) is 0 Å². The molecule has 2 N–H and O–H groups in total. The highest BCUT2D eigenvalue weighted by Gasteiger charge is 2.17. The number of thiazole rings is 1. The van der Waals surface area contributed by atoms with Crippen molar-refractivity contribution in [3.63, 3.8) is 0 Å². The first-order valence-electron chi connectivity index (χ1n) is 7.82. The van der Waals surface area contributed by atoms with Crippen LogP contribution in [-0.2, 0) is 0 Å². The molecule has 6 nitrogen and oxygen atoms in total. The molecule has 0 atom stereocenters. The number of nitrogens with zero attached hydrogens (tertiary/aromatic N) is 1. The van der Waals surface area contributed by atoms with E-state index in [2.05, 4.69) is 21.7 Å². The lowest BCUT2D eigenvalue weighted by atomic mass is 10.1. The number of hydrogen-bond donors (Lipinski definition) is 2. The predicted molar refractivity (Wildman–Crippen MR) is 91.6 cm³/mol. The Hall–Kier alpha value is -2.38. The molecular formula is C17H17N3O3S. The summed E-state index contributed by atoms with van der Waals surface area (Å²) in [5.74, 6) is 1.37. The average Bonchev–Trinajstić information content (AvgIpc) is 3.29. The topological polar surface area (TPSA) is 72.5 Å². The van der Waals surface area contributed by atoms with Crippen molar-refractivity contribution in [2.75, 3.05) is 26.4 Å². The van der Waals surface area contributed by atoms with Gasteiger partial charge in [0, 0.05) is 18.7 Å². The van der Waals surface area contributed by atoms with Gasteiger partial charge in [-0.3, -0.25) is 4.79 Å². The number of nitrogens with one attached hydrogen (secondary N) is 2. The third kappa shape index (κ3) is 3.13. The van der Waals surface area contributed by atoms with Crippen molar-refractivity contribution in [3.05, 3.63) is 40.9 Å². The summed E-state index contributed by atoms with van der Waals surface area (Å²) >= 11 is 1.37. The van der Waals surface area contributed by atoms with E-state index in [-0.39, 0.29) is 12.7 Å². The molecule has 0 unspecified atom stereocenters. The second-order valence-electron chi connectivity index (χ2n) is 5.60. The van der Waals surface area contributed by atoms with Gasteiger partial charge in [-0.05, 0) is 31.2 Å². The highest BCUT2D eigenvalue weighted by Crippen LogP contribution is 2.36. The summed E-state index contributed by atoms with van der Waals surface area (Å²) in [7, 11) is 0. The van der Waals surface area contributed by atoms with E-state index in [9.17, 15) is 4.79 Å². The SMILES string of the molecule is O=C(NCC1=CCNCC1)c1cnc(-c2ccc3c(c2)OCO3)s1. The van der Waals surface area contributed by atoms with Crippen LogP contribution in [-0.4, -0.2) is 37.3 Å². The maximum absolute atomic E-state index is 12.3. The average molecular weight is 343 g/mol. The highest BCUT2D eigenvalue weighted by molar-refractivity contribution is 7.16. The molecule has 7 heteroatoms. The van der Waals surface area contributed by atoms with Crippen molar-refractivity contribution in [3.8, 4) is 22.1 Å². The van der Waals surface area contributed by atoms with E-state index in [1.807, 2.05) is 18.2 Å². The van der Waals surface area contributed by atoms with Gasteiger partial charge in [-0.15, -0.1) is 11.3 Å². The Morgan fingerprint density at radius 2 is 2.25 bits per heavy atom. The van der Waals surface area contributed by atoms with Crippen molar-refractivity contribution >= 4 is 17.2 Å². The van der Waals surface area contributed by atoms with E-state index in [1.165, 1.54) is 16.9 Å². The van der Waals surface area contributed by atoms with Gasteiger partial charge in [0.15, 0.2) is 11.5 Å². The van der Waals surface area contributed by atoms with Gasteiger partial charge in [0.1, 0.15) is 9.88 Å². The molecular weight excluding hydrogens is 326 g/mol. The Kier molecular flexibility index (Phi) is 4.18. The molecule has 1 aromatic heterocycles. The van der Waals surface area contributed by atoms with E-state index >= 15 is 0 Å². The third-order valence-corrected chi connectivity index (χ3v) is 5.03. The van der Waals surface area contributed by atoms with Gasteiger partial charge in [0.2, 0.25) is 6.79 Å². The molecule has 2 aliphatic heterocycles. The fourth-order valence-electron chi connectivity index (χ4n) is 2.65. The summed E-state index contributed by atoms with van der Waals surface area (Å²) in [4.78, 5) is 17.3. The molecule has 24 heavy (non-hydrogen) atoms. The number of benzene rings is 1. The van der Waals surface area contributed by atoms with Gasteiger partial charge in [-0.2, -0.15) is 0 Å². The minimum Gasteiger partial charge on any atom is -0.454 e. The van der Waals surface area contributed by atoms with Gasteiger partial charge in [0.05, 0.1) is 6.20 Å². The van der Waals surface area contributed by atoms with Crippen LogP contribution in [0.15, 0.2) is 36.0 Å². The summed E-state index contributed by atoms with van der Waals surface area (Å²) in [6, 6.07) is 5.68. The van der Waals surface area contributed by atoms with Crippen LogP contribution in [0.2, 0.25) is 0 Å². The smallest absolute Gasteiger partial charge is 0.263 e. The maximum Gasteiger partial charge on any atom is 0.263 e. The van der Waals surface area contributed by atoms with E-state index in [0.29, 0.717) is 17.2 Å². The Balaban J connectivity index is 1.44. The van der Waals surface area contributed by atoms with E-state index in [1.54, 1.807) is 6.20 Å². The molecule has 0 saturated carbocycles. The van der Waals surface area contributed by atoms with Gasteiger partial charge in [0.25, 0.3) is 5.91 Å². The second-order valence-corrected chi connectivity index (χ2v) is 6.63. The number of rotatable bonds is 4. The molecule has 2 aromatic rings. The summed E-state index contributed by atoms with van der Waals surface area (Å²) < 4.78 is 10.7. The van der Waals surface area contributed by atoms with Crippen molar-refractivity contribution < 1.29 is 14.3 Å². The molecule has 3 heterocycles. The number of carbonyl (C=O) groups excluding carboxylic acids is 1. The quantitative estimate of drug-likeness (QED) is 0.833. The first-order chi connectivity index (χ1) is 11.8. The second kappa shape index (κ2) is 6.62. The van der Waals surface area contributed by atoms with E-state index < -0.39 is 0 Å². The number of amides is 1. The zero-order valence-electron chi connectivity index (χ0n) is 13.0. The number of fused-ring (bicyclic) bond motifs is 1. The standard InChI is InChI=1S/C17H17N3O3S/c21-16(19-8-11-3-5-18-6-4-11)15-9-20-17(24-15)12-1-2-13-14(7-12)23-10-22-13/h1-3,7,9,18H,4-6,8,10H2,(H,19,21). The number of aromatic nitrogens is 1. The molecule has 2 aliphatic rings. The van der Waals surface area contributed by atoms with Gasteiger partial charge >= 0.3 is 0 Å². The Bertz CT molecular complexity index is 800. The Labute approximate surface area is 143 Å². The zero-order chi connectivity index (χ0) is 16.4. The molecule has 1 aromatic carbocycles. The molecule has 0 bridgehead atoms. The van der Waals surface area contributed by atoms with Crippen LogP contribution in [0.1, 0.15) is 16.1 Å². The van der Waals surface area contributed by atoms with Crippen molar-refractivity contribution in [1.82, 2.24) is 15.6 Å². The lowest BCUT2D eigenvalue weighted by Gasteiger charge is -2.14. The Morgan fingerprint density at radius 3 is 3.12 bits per heavy atom. The van der Waals surface area contributed by atoms with Crippen molar-refractivity contribution in [2.24, 2.45) is 0 Å². The minimum atomic E-state index is -0.0843. The van der Waals surface area contributed by atoms with Crippen molar-refractivity contribution in [2.45, 2.75) is 6.42 Å². The van der Waals surface area contributed by atoms with Crippen LogP contribution in [0.25, 0.3) is 10.6 Å². The fourth-order valence-corrected chi connectivity index (χ4v) is 3.48. The van der Waals surface area contributed by atoms with Crippen LogP contribution in [0.3, 0.4) is 0 Å². The molecule has 124 valence electrons. The maximum atomic E-state index is 12.3. The van der Waals surface area contributed by atoms with E-state index in [4.69, 9.17) is 9.47 Å². The lowest BCUT2D eigenvalue weighted by Crippen LogP contribution is -2.29. The largest absolute Gasteiger partial charge is 0.454 e. The van der Waals surface area contributed by atoms with Gasteiger partial charge < -0.3 is 20.1 Å². The molecule has 0 spiro atoms. The van der Waals surface area contributed by atoms with Gasteiger partial charge in [-0.1, -0.05) is 11.6 Å². The Morgan fingerprint density at radius 1 is 1.33 bits per heavy atom. The molecule has 1 amide bonds. The van der Waals surface area contributed by atoms with Crippen LogP contribution < -0.4 is 20.1 Å². The first-order valence-corrected chi connectivity index (χ1v) is 8.64. The summed E-state index contributed by atoms with van der Waals surface area (Å²) in [6.45, 7) is 2.68. The molecule has 4 rings (SSSR count). The zero-order valence-corrected chi connectivity index (χ0v) is 13.8. The van der Waals surface area contributed by atoms with Gasteiger partial charge in [-0.25, -0.2) is 4.98 Å². The first kappa shape index (κ1) is 15.2. The molecule has 0 radical (unpaired) electrons. The van der Waals surface area contributed by atoms with E-state index in [0.717, 1.165) is 35.8 Å². The number of ether oxygens (including phenoxy) is 2. The normalized spacial score (nSPS) is 15.9. The van der Waals surface area contributed by atoms with Crippen molar-refractivity contribution in [1.29, 1.82) is 0 Å². The van der Waals surface area contributed by atoms with Crippen LogP contribution >= 0.6 is 11.3 Å². The molecule has 0 fully saturated rings. The molecule has 0 aliphatic carbocycles. The third-order valence-electron chi connectivity index (χ3n) is 3.98. The van der Waals surface area contributed by atoms with Crippen LogP contribution in [0, 0.1) is 0 Å². The fraction of sp³-hybridized carbons (Fsp3) is 0.294. The summed E-state index contributed by atoms with van der Waals surface area (Å²) in [6.07, 6.45) is 4.73. The summed E-state index contributed by atoms with van der Waals surface area (Å²) in [5, 5.41) is 7.01. The van der Waals surface area contributed by atoms with Crippen LogP contribution in [0.5, 0.6) is 11.5 Å². The predicted octanol–water partition coefficient (Wildman–Crippen LogP) is 2.19. The lowest BCUT2D eigenvalue weighted by molar-refractivity contribution is 0.0960. The monoisotopic (exact) mass is 343 g/mol. The number of carbonyl (C=O) groups is 1. The number of hydrogen-bond acceptors (Lipinski definition) is 6. The molecule has 0 saturated heterocycles. The summed E-state index contributed by atoms with van der Waals surface area (Å²) in [5.41, 5.74) is 2.19. The highest BCUT2D eigenvalue weighted by atomic mass is 32.1.